The predicted octanol–water partition coefficient (Wildman–Crippen LogP) is 3.74. The summed E-state index contributed by atoms with van der Waals surface area (Å²) >= 11 is 0. The molecule has 0 spiro atoms. The van der Waals surface area contributed by atoms with Gasteiger partial charge < -0.3 is 15.0 Å². The van der Waals surface area contributed by atoms with Crippen LogP contribution in [0.5, 0.6) is 0 Å². The molecule has 1 atom stereocenters. The van der Waals surface area contributed by atoms with Crippen LogP contribution >= 0.6 is 0 Å². The molecule has 0 aromatic heterocycles. The van der Waals surface area contributed by atoms with Crippen molar-refractivity contribution in [2.24, 2.45) is 0 Å². The number of carbonyl (C=O) groups is 2. The van der Waals surface area contributed by atoms with Gasteiger partial charge in [0.25, 0.3) is 5.91 Å². The maximum atomic E-state index is 13.1. The number of rotatable bonds is 6. The average Bonchev–Trinajstić information content (AvgIpc) is 3.29. The minimum Gasteiger partial charge on any atom is -0.376 e. The maximum absolute atomic E-state index is 13.1. The molecule has 158 valence electrons. The molecule has 6 nitrogen and oxygen atoms in total. The maximum Gasteiger partial charge on any atom is 0.324 e. The highest BCUT2D eigenvalue weighted by Gasteiger charge is 2.27. The number of hydrogen-bond acceptors (Lipinski definition) is 3. The molecular weight excluding hydrogens is 378 g/mol. The van der Waals surface area contributed by atoms with Crippen molar-refractivity contribution in [3.8, 4) is 0 Å². The molecule has 3 amide bonds. The Morgan fingerprint density at radius 1 is 1.13 bits per heavy atom. The molecule has 2 aromatic carbocycles. The number of nitrogens with zero attached hydrogens (tertiary/aromatic N) is 2. The molecule has 30 heavy (non-hydrogen) atoms. The van der Waals surface area contributed by atoms with E-state index in [-0.39, 0.29) is 18.0 Å². The van der Waals surface area contributed by atoms with Gasteiger partial charge in [-0.1, -0.05) is 35.9 Å². The highest BCUT2D eigenvalue weighted by molar-refractivity contribution is 5.98. The van der Waals surface area contributed by atoms with Crippen molar-refractivity contribution in [2.45, 2.75) is 38.8 Å². The van der Waals surface area contributed by atoms with E-state index < -0.39 is 0 Å². The summed E-state index contributed by atoms with van der Waals surface area (Å²) < 4.78 is 5.57. The first-order valence-electron chi connectivity index (χ1n) is 10.7. The molecule has 2 fully saturated rings. The van der Waals surface area contributed by atoms with E-state index in [1.807, 2.05) is 17.0 Å². The Bertz CT molecular complexity index is 891. The first kappa shape index (κ1) is 20.4. The monoisotopic (exact) mass is 407 g/mol. The van der Waals surface area contributed by atoms with Crippen molar-refractivity contribution >= 4 is 17.6 Å². The van der Waals surface area contributed by atoms with E-state index in [0.717, 1.165) is 43.7 Å². The van der Waals surface area contributed by atoms with Crippen LogP contribution in [0.4, 0.5) is 10.5 Å². The van der Waals surface area contributed by atoms with Gasteiger partial charge in [0.1, 0.15) is 0 Å². The van der Waals surface area contributed by atoms with E-state index in [4.69, 9.17) is 4.74 Å². The number of amides is 3. The van der Waals surface area contributed by atoms with Crippen LogP contribution in [-0.4, -0.2) is 49.2 Å². The Morgan fingerprint density at radius 2 is 1.97 bits per heavy atom. The second kappa shape index (κ2) is 9.30. The molecule has 0 bridgehead atoms. The molecule has 2 aromatic rings. The normalized spacial score (nSPS) is 19.2. The third-order valence-corrected chi connectivity index (χ3v) is 5.74. The van der Waals surface area contributed by atoms with Gasteiger partial charge in [-0.15, -0.1) is 0 Å². The van der Waals surface area contributed by atoms with Crippen LogP contribution in [-0.2, 0) is 11.3 Å². The fraction of sp³-hybridized carbons (Fsp3) is 0.417. The van der Waals surface area contributed by atoms with E-state index in [9.17, 15) is 9.59 Å². The number of ether oxygens (including phenoxy) is 1. The highest BCUT2D eigenvalue weighted by atomic mass is 16.5. The van der Waals surface area contributed by atoms with Crippen LogP contribution in [0.2, 0.25) is 0 Å². The Balaban J connectivity index is 1.42. The molecule has 0 aliphatic carbocycles. The molecule has 1 unspecified atom stereocenters. The summed E-state index contributed by atoms with van der Waals surface area (Å²) in [4.78, 5) is 29.3. The standard InChI is InChI=1S/C24H29N3O3/c1-18-8-10-19(11-9-18)17-26-12-4-13-27(24(26)29)21-6-2-5-20(15-21)23(28)25-16-22-7-3-14-30-22/h2,5-6,8-11,15,22H,3-4,7,12-14,16-17H2,1H3,(H,25,28). The van der Waals surface area contributed by atoms with Gasteiger partial charge in [-0.25, -0.2) is 4.79 Å². The number of carbonyl (C=O) groups excluding carboxylic acids is 2. The number of aryl methyl sites for hydroxylation is 1. The van der Waals surface area contributed by atoms with Crippen molar-refractivity contribution in [1.82, 2.24) is 10.2 Å². The third-order valence-electron chi connectivity index (χ3n) is 5.74. The van der Waals surface area contributed by atoms with Crippen LogP contribution in [0.15, 0.2) is 48.5 Å². The first-order chi connectivity index (χ1) is 14.6. The van der Waals surface area contributed by atoms with Crippen LogP contribution in [0.25, 0.3) is 0 Å². The van der Waals surface area contributed by atoms with E-state index in [1.165, 1.54) is 5.56 Å². The zero-order chi connectivity index (χ0) is 20.9. The SMILES string of the molecule is Cc1ccc(CN2CCCN(c3cccc(C(=O)NCC4CCCO4)c3)C2=O)cc1. The molecular formula is C24H29N3O3. The third kappa shape index (κ3) is 4.82. The molecule has 0 radical (unpaired) electrons. The van der Waals surface area contributed by atoms with E-state index in [1.54, 1.807) is 17.0 Å². The predicted molar refractivity (Wildman–Crippen MR) is 117 cm³/mol. The Hall–Kier alpha value is -2.86. The second-order valence-electron chi connectivity index (χ2n) is 8.09. The summed E-state index contributed by atoms with van der Waals surface area (Å²) in [7, 11) is 0. The summed E-state index contributed by atoms with van der Waals surface area (Å²) in [6.07, 6.45) is 3.04. The number of benzene rings is 2. The van der Waals surface area contributed by atoms with Gasteiger partial charge in [0.15, 0.2) is 0 Å². The lowest BCUT2D eigenvalue weighted by atomic mass is 10.1. The molecule has 2 aliphatic heterocycles. The summed E-state index contributed by atoms with van der Waals surface area (Å²) in [5.74, 6) is -0.131. The summed E-state index contributed by atoms with van der Waals surface area (Å²) in [5, 5.41) is 2.95. The minimum atomic E-state index is -0.131. The summed E-state index contributed by atoms with van der Waals surface area (Å²) in [6.45, 7) is 5.34. The average molecular weight is 408 g/mol. The van der Waals surface area contributed by atoms with Crippen molar-refractivity contribution < 1.29 is 14.3 Å². The molecule has 6 heteroatoms. The van der Waals surface area contributed by atoms with E-state index >= 15 is 0 Å². The van der Waals surface area contributed by atoms with Gasteiger partial charge in [-0.05, 0) is 49.9 Å². The zero-order valence-electron chi connectivity index (χ0n) is 17.5. The van der Waals surface area contributed by atoms with Crippen molar-refractivity contribution in [1.29, 1.82) is 0 Å². The Morgan fingerprint density at radius 3 is 2.73 bits per heavy atom. The van der Waals surface area contributed by atoms with Crippen LogP contribution in [0.1, 0.15) is 40.7 Å². The van der Waals surface area contributed by atoms with Gasteiger partial charge >= 0.3 is 6.03 Å². The van der Waals surface area contributed by atoms with E-state index in [2.05, 4.69) is 36.5 Å². The lowest BCUT2D eigenvalue weighted by molar-refractivity contribution is 0.0857. The molecule has 4 rings (SSSR count). The fourth-order valence-electron chi connectivity index (χ4n) is 4.01. The number of nitrogens with one attached hydrogen (secondary N) is 1. The highest BCUT2D eigenvalue weighted by Crippen LogP contribution is 2.23. The van der Waals surface area contributed by atoms with Crippen molar-refractivity contribution in [2.75, 3.05) is 31.1 Å². The summed E-state index contributed by atoms with van der Waals surface area (Å²) in [6, 6.07) is 15.6. The molecule has 2 saturated heterocycles. The molecule has 2 heterocycles. The summed E-state index contributed by atoms with van der Waals surface area (Å²) in [5.41, 5.74) is 3.66. The quantitative estimate of drug-likeness (QED) is 0.794. The largest absolute Gasteiger partial charge is 0.376 e. The lowest BCUT2D eigenvalue weighted by Crippen LogP contribution is -2.49. The molecule has 0 saturated carbocycles. The van der Waals surface area contributed by atoms with Gasteiger partial charge in [0, 0.05) is 44.0 Å². The van der Waals surface area contributed by atoms with Gasteiger partial charge in [0.2, 0.25) is 0 Å². The lowest BCUT2D eigenvalue weighted by Gasteiger charge is -2.36. The first-order valence-corrected chi connectivity index (χ1v) is 10.7. The smallest absolute Gasteiger partial charge is 0.324 e. The minimum absolute atomic E-state index is 0.0151. The number of anilines is 1. The van der Waals surface area contributed by atoms with Gasteiger partial charge in [-0.2, -0.15) is 0 Å². The Kier molecular flexibility index (Phi) is 6.33. The van der Waals surface area contributed by atoms with Crippen LogP contribution in [0, 0.1) is 6.92 Å². The van der Waals surface area contributed by atoms with E-state index in [0.29, 0.717) is 25.2 Å². The van der Waals surface area contributed by atoms with Crippen molar-refractivity contribution in [3.05, 3.63) is 65.2 Å². The fourth-order valence-corrected chi connectivity index (χ4v) is 4.01. The topological polar surface area (TPSA) is 61.9 Å². The van der Waals surface area contributed by atoms with Crippen LogP contribution in [0.3, 0.4) is 0 Å². The van der Waals surface area contributed by atoms with Crippen LogP contribution < -0.4 is 10.2 Å². The van der Waals surface area contributed by atoms with Gasteiger partial charge in [0.05, 0.1) is 6.10 Å². The molecule has 1 N–H and O–H groups in total. The van der Waals surface area contributed by atoms with Crippen molar-refractivity contribution in [3.63, 3.8) is 0 Å². The number of hydrogen-bond donors (Lipinski definition) is 1. The Labute approximate surface area is 177 Å². The van der Waals surface area contributed by atoms with Gasteiger partial charge in [-0.3, -0.25) is 9.69 Å². The second-order valence-corrected chi connectivity index (χ2v) is 8.09. The molecule has 2 aliphatic rings. The number of urea groups is 1. The zero-order valence-corrected chi connectivity index (χ0v) is 17.5.